The van der Waals surface area contributed by atoms with Gasteiger partial charge in [0.2, 0.25) is 0 Å². The quantitative estimate of drug-likeness (QED) is 0.255. The van der Waals surface area contributed by atoms with Crippen molar-refractivity contribution in [2.75, 3.05) is 45.3 Å². The van der Waals surface area contributed by atoms with E-state index in [4.69, 9.17) is 14.5 Å². The monoisotopic (exact) mass is 653 g/mol. The van der Waals surface area contributed by atoms with Gasteiger partial charge in [-0.3, -0.25) is 4.98 Å². The number of morpholine rings is 1. The van der Waals surface area contributed by atoms with E-state index >= 15 is 0 Å². The minimum absolute atomic E-state index is 0.00544. The predicted molar refractivity (Wildman–Crippen MR) is 175 cm³/mol. The van der Waals surface area contributed by atoms with Gasteiger partial charge in [0.25, 0.3) is 0 Å². The number of amides is 3. The van der Waals surface area contributed by atoms with Crippen LogP contribution in [0.4, 0.5) is 15.3 Å². The maximum Gasteiger partial charge on any atom is 0.406 e. The second kappa shape index (κ2) is 13.9. The van der Waals surface area contributed by atoms with Crippen LogP contribution in [0.5, 0.6) is 0 Å². The van der Waals surface area contributed by atoms with Crippen molar-refractivity contribution >= 4 is 23.3 Å². The first kappa shape index (κ1) is 31.4. The normalized spacial score (nSPS) is 22.4. The zero-order valence-electron chi connectivity index (χ0n) is 26.8. The molecule has 1 saturated heterocycles. The summed E-state index contributed by atoms with van der Waals surface area (Å²) in [5, 5.41) is 32.6. The Bertz CT molecular complexity index is 1810. The molecular formula is C33H39N11O4. The van der Waals surface area contributed by atoms with Crippen LogP contribution in [0.15, 0.2) is 42.9 Å². The molecule has 5 heterocycles. The number of alkyl carbamates (subject to hydrolysis) is 1. The van der Waals surface area contributed by atoms with E-state index in [1.807, 2.05) is 40.2 Å². The molecule has 4 aromatic rings. The van der Waals surface area contributed by atoms with Crippen molar-refractivity contribution < 1.29 is 19.1 Å². The zero-order valence-corrected chi connectivity index (χ0v) is 26.8. The van der Waals surface area contributed by atoms with Gasteiger partial charge in [0.05, 0.1) is 61.2 Å². The Balaban J connectivity index is 1.07. The van der Waals surface area contributed by atoms with E-state index in [1.165, 1.54) is 7.11 Å². The standard InChI is InChI=1S/C33H39N11O4/c1-47-33(46)36-17-21-12-24(13-21)38-28-15-29(31-7-6-26-14-22(16-34)18-37-44(26)31)35-19-27(28)30-20-43(41-40-30)25-4-2-23(3-5-25)39-32(45)42-8-10-48-11-9-42/h6-7,14-15,18-21,23-25H,2-5,8-13,17H2,1H3,(H,35,38)(H,36,46)(H,39,45). The fraction of sp³-hybridized carbons (Fsp3) is 0.485. The van der Waals surface area contributed by atoms with Gasteiger partial charge in [-0.25, -0.2) is 18.8 Å². The van der Waals surface area contributed by atoms with Crippen LogP contribution < -0.4 is 16.0 Å². The largest absolute Gasteiger partial charge is 0.453 e. The lowest BCUT2D eigenvalue weighted by Crippen LogP contribution is -2.49. The first-order valence-electron chi connectivity index (χ1n) is 16.5. The third-order valence-electron chi connectivity index (χ3n) is 9.59. The van der Waals surface area contributed by atoms with Gasteiger partial charge in [-0.05, 0) is 68.7 Å². The van der Waals surface area contributed by atoms with Crippen LogP contribution in [-0.2, 0) is 9.47 Å². The Kier molecular flexibility index (Phi) is 9.06. The second-order valence-electron chi connectivity index (χ2n) is 12.7. The lowest BCUT2D eigenvalue weighted by molar-refractivity contribution is 0.0519. The molecule has 2 aliphatic carbocycles. The van der Waals surface area contributed by atoms with Crippen molar-refractivity contribution in [1.29, 1.82) is 5.26 Å². The smallest absolute Gasteiger partial charge is 0.406 e. The number of hydrogen-bond donors (Lipinski definition) is 3. The lowest BCUT2D eigenvalue weighted by atomic mass is 9.80. The van der Waals surface area contributed by atoms with E-state index in [9.17, 15) is 14.9 Å². The summed E-state index contributed by atoms with van der Waals surface area (Å²) >= 11 is 0. The number of urea groups is 1. The molecule has 1 aliphatic heterocycles. The van der Waals surface area contributed by atoms with Gasteiger partial charge in [-0.15, -0.1) is 5.10 Å². The molecule has 3 amide bonds. The second-order valence-corrected chi connectivity index (χ2v) is 12.7. The van der Waals surface area contributed by atoms with Crippen molar-refractivity contribution in [3.05, 3.63) is 48.4 Å². The van der Waals surface area contributed by atoms with Crippen LogP contribution in [-0.4, -0.2) is 98.7 Å². The highest BCUT2D eigenvalue weighted by Crippen LogP contribution is 2.36. The topological polar surface area (TPSA) is 177 Å². The van der Waals surface area contributed by atoms with Crippen LogP contribution in [0, 0.1) is 17.2 Å². The number of carbonyl (C=O) groups is 2. The highest BCUT2D eigenvalue weighted by molar-refractivity contribution is 5.79. The number of ether oxygens (including phenoxy) is 2. The van der Waals surface area contributed by atoms with Gasteiger partial charge in [0.1, 0.15) is 11.8 Å². The molecule has 4 aromatic heterocycles. The zero-order chi connectivity index (χ0) is 33.0. The predicted octanol–water partition coefficient (Wildman–Crippen LogP) is 3.60. The number of hydrogen-bond acceptors (Lipinski definition) is 10. The van der Waals surface area contributed by atoms with E-state index in [1.54, 1.807) is 16.8 Å². The summed E-state index contributed by atoms with van der Waals surface area (Å²) in [6, 6.07) is 10.4. The van der Waals surface area contributed by atoms with Crippen molar-refractivity contribution in [1.82, 2.24) is 45.1 Å². The summed E-state index contributed by atoms with van der Waals surface area (Å²) in [6.45, 7) is 3.01. The number of fused-ring (bicyclic) bond motifs is 1. The maximum absolute atomic E-state index is 12.7. The number of nitriles is 1. The van der Waals surface area contributed by atoms with Crippen LogP contribution >= 0.6 is 0 Å². The van der Waals surface area contributed by atoms with Crippen molar-refractivity contribution in [2.45, 2.75) is 56.7 Å². The summed E-state index contributed by atoms with van der Waals surface area (Å²) in [7, 11) is 1.36. The highest BCUT2D eigenvalue weighted by Gasteiger charge is 2.31. The molecule has 0 bridgehead atoms. The fourth-order valence-corrected chi connectivity index (χ4v) is 6.81. The van der Waals surface area contributed by atoms with E-state index in [2.05, 4.69) is 37.4 Å². The number of nitrogens with one attached hydrogen (secondary N) is 3. The molecule has 0 atom stereocenters. The Morgan fingerprint density at radius 2 is 1.88 bits per heavy atom. The Hall–Kier alpha value is -5.23. The molecule has 0 aromatic carbocycles. The molecule has 2 saturated carbocycles. The number of aromatic nitrogens is 6. The van der Waals surface area contributed by atoms with Crippen molar-refractivity contribution in [3.63, 3.8) is 0 Å². The summed E-state index contributed by atoms with van der Waals surface area (Å²) in [5.41, 5.74) is 5.28. The van der Waals surface area contributed by atoms with Crippen LogP contribution in [0.2, 0.25) is 0 Å². The molecule has 15 heteroatoms. The molecule has 3 fully saturated rings. The van der Waals surface area contributed by atoms with Crippen LogP contribution in [0.1, 0.15) is 50.1 Å². The number of carbonyl (C=O) groups excluding carboxylic acids is 2. The molecule has 3 N–H and O–H groups in total. The average molecular weight is 654 g/mol. The van der Waals surface area contributed by atoms with Gasteiger partial charge < -0.3 is 30.3 Å². The molecule has 7 rings (SSSR count). The first-order valence-corrected chi connectivity index (χ1v) is 16.5. The number of nitrogens with zero attached hydrogens (tertiary/aromatic N) is 8. The SMILES string of the molecule is COC(=O)NCC1CC(Nc2cc(-c3ccc4cc(C#N)cnn34)ncc2-c2cn(C3CCC(NC(=O)N4CCOCC4)CC3)nn2)C1. The van der Waals surface area contributed by atoms with Gasteiger partial charge in [-0.1, -0.05) is 5.21 Å². The Morgan fingerprint density at radius 3 is 2.65 bits per heavy atom. The Labute approximate surface area is 277 Å². The molecular weight excluding hydrogens is 614 g/mol. The van der Waals surface area contributed by atoms with E-state index in [0.717, 1.165) is 72.4 Å². The molecule has 48 heavy (non-hydrogen) atoms. The number of rotatable bonds is 8. The van der Waals surface area contributed by atoms with Gasteiger partial charge in [0, 0.05) is 49.2 Å². The molecule has 0 radical (unpaired) electrons. The first-order chi connectivity index (χ1) is 23.5. The summed E-state index contributed by atoms with van der Waals surface area (Å²) < 4.78 is 13.8. The van der Waals surface area contributed by atoms with E-state index in [-0.39, 0.29) is 24.2 Å². The molecule has 0 spiro atoms. The molecule has 3 aliphatic rings. The van der Waals surface area contributed by atoms with Gasteiger partial charge in [-0.2, -0.15) is 10.4 Å². The number of anilines is 1. The summed E-state index contributed by atoms with van der Waals surface area (Å²) in [5.74, 6) is 0.356. The van der Waals surface area contributed by atoms with Crippen molar-refractivity contribution in [2.24, 2.45) is 5.92 Å². The third kappa shape index (κ3) is 6.75. The lowest BCUT2D eigenvalue weighted by Gasteiger charge is -2.36. The van der Waals surface area contributed by atoms with Crippen LogP contribution in [0.25, 0.3) is 28.2 Å². The summed E-state index contributed by atoms with van der Waals surface area (Å²) in [4.78, 5) is 30.8. The Morgan fingerprint density at radius 1 is 1.06 bits per heavy atom. The fourth-order valence-electron chi connectivity index (χ4n) is 6.81. The van der Waals surface area contributed by atoms with Crippen molar-refractivity contribution in [3.8, 4) is 28.7 Å². The van der Waals surface area contributed by atoms with Gasteiger partial charge >= 0.3 is 12.1 Å². The number of pyridine rings is 1. The minimum Gasteiger partial charge on any atom is -0.453 e. The molecule has 250 valence electrons. The van der Waals surface area contributed by atoms with E-state index in [0.29, 0.717) is 44.3 Å². The summed E-state index contributed by atoms with van der Waals surface area (Å²) in [6.07, 6.45) is 10.3. The number of methoxy groups -OCH3 is 1. The minimum atomic E-state index is -0.420. The highest BCUT2D eigenvalue weighted by atomic mass is 16.5. The average Bonchev–Trinajstić information content (AvgIpc) is 3.77. The van der Waals surface area contributed by atoms with E-state index < -0.39 is 6.09 Å². The third-order valence-corrected chi connectivity index (χ3v) is 9.59. The maximum atomic E-state index is 12.7. The van der Waals surface area contributed by atoms with Gasteiger partial charge in [0.15, 0.2) is 0 Å². The molecule has 0 unspecified atom stereocenters. The molecule has 15 nitrogen and oxygen atoms in total. The van der Waals surface area contributed by atoms with Crippen LogP contribution in [0.3, 0.4) is 0 Å².